The number of amides is 1. The largest absolute Gasteiger partial charge is 0.389 e. The average molecular weight is 609 g/mol. The van der Waals surface area contributed by atoms with Crippen molar-refractivity contribution in [2.24, 2.45) is 11.3 Å². The Morgan fingerprint density at radius 3 is 2.62 bits per heavy atom. The number of nitrogens with zero attached hydrogens (tertiary/aromatic N) is 4. The normalized spacial score (nSPS) is 24.5. The van der Waals surface area contributed by atoms with Gasteiger partial charge in [0, 0.05) is 30.1 Å². The minimum Gasteiger partial charge on any atom is -0.389 e. The quantitative estimate of drug-likeness (QED) is 0.160. The van der Waals surface area contributed by atoms with E-state index in [2.05, 4.69) is 37.4 Å². The van der Waals surface area contributed by atoms with Crippen molar-refractivity contribution in [2.45, 2.75) is 36.1 Å². The Morgan fingerprint density at radius 2 is 1.93 bits per heavy atom. The first-order chi connectivity index (χ1) is 20.0. The van der Waals surface area contributed by atoms with Gasteiger partial charge in [0.15, 0.2) is 17.0 Å². The van der Waals surface area contributed by atoms with Gasteiger partial charge in [-0.15, -0.1) is 0 Å². The molecule has 2 aliphatic carbocycles. The van der Waals surface area contributed by atoms with E-state index < -0.39 is 33.8 Å². The first-order valence-electron chi connectivity index (χ1n) is 12.9. The second-order valence-electron chi connectivity index (χ2n) is 10.3. The lowest BCUT2D eigenvalue weighted by Crippen LogP contribution is -2.41. The standard InChI is InChI=1S/C28H25ClN6O6S/c1-30-27(38)28-12-19(28)22(23(36)24(28)37)35-14-32-21-25(31-13-16-3-2-4-17(29)11-16)33-20(34-26(21)35)10-7-15-5-8-18(9-6-15)42(39,40)41/h2-6,8-9,11,14,19,22-24,36-37H,12-13H2,1H3,(H,30,38)(H,31,33,34)(H,39,40,41)/t19?,22-,23?,24+,28-/m1/s1. The molecule has 2 aromatic carbocycles. The molecule has 2 saturated carbocycles. The molecule has 0 aliphatic heterocycles. The monoisotopic (exact) mass is 608 g/mol. The van der Waals surface area contributed by atoms with Crippen LogP contribution in [-0.4, -0.2) is 67.9 Å². The van der Waals surface area contributed by atoms with Gasteiger partial charge in [0.1, 0.15) is 6.10 Å². The third-order valence-corrected chi connectivity index (χ3v) is 8.99. The molecule has 216 valence electrons. The Hall–Kier alpha value is -4.06. The molecule has 6 rings (SSSR count). The lowest BCUT2D eigenvalue weighted by Gasteiger charge is -2.23. The van der Waals surface area contributed by atoms with E-state index in [4.69, 9.17) is 11.6 Å². The van der Waals surface area contributed by atoms with Gasteiger partial charge in [0.25, 0.3) is 10.1 Å². The number of hydrogen-bond acceptors (Lipinski definition) is 9. The molecule has 0 spiro atoms. The van der Waals surface area contributed by atoms with Crippen molar-refractivity contribution in [3.05, 3.63) is 76.8 Å². The van der Waals surface area contributed by atoms with Crippen LogP contribution in [0.15, 0.2) is 59.8 Å². The maximum absolute atomic E-state index is 12.6. The van der Waals surface area contributed by atoms with E-state index >= 15 is 0 Å². The zero-order valence-corrected chi connectivity index (χ0v) is 23.6. The van der Waals surface area contributed by atoms with Crippen LogP contribution in [0.25, 0.3) is 11.2 Å². The van der Waals surface area contributed by atoms with E-state index in [9.17, 15) is 28.0 Å². The lowest BCUT2D eigenvalue weighted by atomic mass is 9.98. The summed E-state index contributed by atoms with van der Waals surface area (Å²) >= 11 is 6.14. The number of imidazole rings is 1. The van der Waals surface area contributed by atoms with Crippen LogP contribution in [0.3, 0.4) is 0 Å². The van der Waals surface area contributed by atoms with Crippen LogP contribution >= 0.6 is 11.6 Å². The highest BCUT2D eigenvalue weighted by molar-refractivity contribution is 7.85. The number of nitrogens with one attached hydrogen (secondary N) is 2. The van der Waals surface area contributed by atoms with Crippen molar-refractivity contribution < 1.29 is 28.0 Å². The van der Waals surface area contributed by atoms with Gasteiger partial charge in [-0.3, -0.25) is 9.35 Å². The first kappa shape index (κ1) is 28.1. The molecule has 0 saturated heterocycles. The number of aliphatic hydroxyl groups excluding tert-OH is 2. The number of halogens is 1. The van der Waals surface area contributed by atoms with Gasteiger partial charge >= 0.3 is 0 Å². The molecule has 12 nitrogen and oxygen atoms in total. The number of rotatable bonds is 6. The molecule has 2 unspecified atom stereocenters. The number of aromatic nitrogens is 4. The summed E-state index contributed by atoms with van der Waals surface area (Å²) in [7, 11) is -2.84. The summed E-state index contributed by atoms with van der Waals surface area (Å²) in [5.74, 6) is 5.60. The van der Waals surface area contributed by atoms with E-state index in [0.29, 0.717) is 40.5 Å². The highest BCUT2D eigenvalue weighted by atomic mass is 35.5. The summed E-state index contributed by atoms with van der Waals surface area (Å²) < 4.78 is 33.6. The Kier molecular flexibility index (Phi) is 6.91. The Labute approximate surface area is 245 Å². The average Bonchev–Trinajstić information content (AvgIpc) is 3.50. The molecule has 2 heterocycles. The molecule has 5 N–H and O–H groups in total. The topological polar surface area (TPSA) is 180 Å². The summed E-state index contributed by atoms with van der Waals surface area (Å²) in [6.07, 6.45) is -0.565. The van der Waals surface area contributed by atoms with E-state index in [1.54, 1.807) is 10.6 Å². The van der Waals surface area contributed by atoms with Crippen LogP contribution in [0.2, 0.25) is 5.02 Å². The predicted molar refractivity (Wildman–Crippen MR) is 152 cm³/mol. The van der Waals surface area contributed by atoms with Gasteiger partial charge in [-0.2, -0.15) is 8.42 Å². The third-order valence-electron chi connectivity index (χ3n) is 7.88. The summed E-state index contributed by atoms with van der Waals surface area (Å²) in [5, 5.41) is 28.3. The first-order valence-corrected chi connectivity index (χ1v) is 14.8. The zero-order chi connectivity index (χ0) is 29.8. The summed E-state index contributed by atoms with van der Waals surface area (Å²) in [6.45, 7) is 0.358. The van der Waals surface area contributed by atoms with Gasteiger partial charge in [-0.25, -0.2) is 15.0 Å². The van der Waals surface area contributed by atoms with E-state index in [1.807, 2.05) is 18.2 Å². The summed E-state index contributed by atoms with van der Waals surface area (Å²) in [5.41, 5.74) is 1.02. The molecule has 42 heavy (non-hydrogen) atoms. The molecule has 0 bridgehead atoms. The maximum atomic E-state index is 12.6. The fourth-order valence-corrected chi connectivity index (χ4v) is 6.46. The van der Waals surface area contributed by atoms with Gasteiger partial charge in [0.05, 0.1) is 28.8 Å². The number of benzene rings is 2. The summed E-state index contributed by atoms with van der Waals surface area (Å²) in [6, 6.07) is 12.0. The van der Waals surface area contributed by atoms with E-state index in [0.717, 1.165) is 5.56 Å². The number of fused-ring (bicyclic) bond motifs is 2. The molecule has 5 atom stereocenters. The predicted octanol–water partition coefficient (Wildman–Crippen LogP) is 1.77. The smallest absolute Gasteiger partial charge is 0.294 e. The molecule has 4 aromatic rings. The van der Waals surface area contributed by atoms with Gasteiger partial charge in [-0.05, 0) is 54.3 Å². The number of carbonyl (C=O) groups is 1. The Bertz CT molecular complexity index is 1890. The van der Waals surface area contributed by atoms with Crippen LogP contribution in [0.1, 0.15) is 29.4 Å². The van der Waals surface area contributed by atoms with Crippen molar-refractivity contribution in [3.8, 4) is 11.8 Å². The molecule has 2 aliphatic rings. The molecule has 1 amide bonds. The second-order valence-corrected chi connectivity index (χ2v) is 12.2. The second kappa shape index (κ2) is 10.3. The fraction of sp³-hybridized carbons (Fsp3) is 0.286. The third kappa shape index (κ3) is 4.77. The molecule has 14 heteroatoms. The van der Waals surface area contributed by atoms with Crippen molar-refractivity contribution in [2.75, 3.05) is 12.4 Å². The highest BCUT2D eigenvalue weighted by Crippen LogP contribution is 2.67. The van der Waals surface area contributed by atoms with Crippen molar-refractivity contribution >= 4 is 44.6 Å². The van der Waals surface area contributed by atoms with Crippen LogP contribution in [0, 0.1) is 23.2 Å². The molecular formula is C28H25ClN6O6S. The fourth-order valence-electron chi connectivity index (χ4n) is 5.77. The van der Waals surface area contributed by atoms with Crippen molar-refractivity contribution in [1.29, 1.82) is 0 Å². The Balaban J connectivity index is 1.40. The van der Waals surface area contributed by atoms with Crippen LogP contribution in [0.4, 0.5) is 5.82 Å². The summed E-state index contributed by atoms with van der Waals surface area (Å²) in [4.78, 5) is 26.1. The van der Waals surface area contributed by atoms with Gasteiger partial charge in [0.2, 0.25) is 11.7 Å². The lowest BCUT2D eigenvalue weighted by molar-refractivity contribution is -0.132. The van der Waals surface area contributed by atoms with Gasteiger partial charge < -0.3 is 25.4 Å². The van der Waals surface area contributed by atoms with E-state index in [-0.39, 0.29) is 22.5 Å². The zero-order valence-electron chi connectivity index (χ0n) is 22.1. The molecule has 2 aromatic heterocycles. The number of aliphatic hydroxyl groups is 2. The van der Waals surface area contributed by atoms with Crippen LogP contribution in [0.5, 0.6) is 0 Å². The molecule has 2 fully saturated rings. The van der Waals surface area contributed by atoms with Crippen molar-refractivity contribution in [1.82, 2.24) is 24.8 Å². The minimum absolute atomic E-state index is 0.109. The number of carbonyl (C=O) groups excluding carboxylic acids is 1. The Morgan fingerprint density at radius 1 is 1.17 bits per heavy atom. The maximum Gasteiger partial charge on any atom is 0.294 e. The SMILES string of the molecule is CNC(=O)[C@]12CC1[C@@H](n1cnc3c(NCc4cccc(Cl)c4)nc(C#Cc4ccc(S(=O)(=O)O)cc4)nc31)C(O)[C@@H]2O. The minimum atomic E-state index is -4.34. The van der Waals surface area contributed by atoms with Crippen LogP contribution in [-0.2, 0) is 21.5 Å². The van der Waals surface area contributed by atoms with Crippen LogP contribution < -0.4 is 10.6 Å². The molecule has 0 radical (unpaired) electrons. The number of anilines is 1. The number of hydrogen-bond donors (Lipinski definition) is 5. The van der Waals surface area contributed by atoms with E-state index in [1.165, 1.54) is 37.6 Å². The van der Waals surface area contributed by atoms with Crippen molar-refractivity contribution in [3.63, 3.8) is 0 Å². The van der Waals surface area contributed by atoms with Gasteiger partial charge in [-0.1, -0.05) is 29.7 Å². The molecular weight excluding hydrogens is 584 g/mol. The highest BCUT2D eigenvalue weighted by Gasteiger charge is 2.75.